The average molecular weight is 261 g/mol. The molecule has 0 amide bonds. The van der Waals surface area contributed by atoms with Gasteiger partial charge in [-0.3, -0.25) is 0 Å². The first-order valence-corrected chi connectivity index (χ1v) is 6.07. The van der Waals surface area contributed by atoms with Gasteiger partial charge in [-0.15, -0.1) is 0 Å². The normalized spacial score (nSPS) is 10.3. The number of aromatic nitrogens is 2. The van der Waals surface area contributed by atoms with Crippen molar-refractivity contribution < 1.29 is 9.13 Å². The second-order valence-electron chi connectivity index (χ2n) is 4.06. The van der Waals surface area contributed by atoms with Crippen LogP contribution in [0.5, 0.6) is 5.75 Å². The van der Waals surface area contributed by atoms with E-state index in [-0.39, 0.29) is 5.82 Å². The SMILES string of the molecule is CCNc1cc(-c2cc(F)ccc2OC)nc(C)n1. The van der Waals surface area contributed by atoms with Crippen LogP contribution >= 0.6 is 0 Å². The van der Waals surface area contributed by atoms with Crippen LogP contribution in [0.3, 0.4) is 0 Å². The summed E-state index contributed by atoms with van der Waals surface area (Å²) in [6, 6.07) is 6.15. The number of methoxy groups -OCH3 is 1. The van der Waals surface area contributed by atoms with Crippen LogP contribution in [0.2, 0.25) is 0 Å². The van der Waals surface area contributed by atoms with Crippen molar-refractivity contribution in [3.8, 4) is 17.0 Å². The highest BCUT2D eigenvalue weighted by Crippen LogP contribution is 2.30. The Bertz CT molecular complexity index is 587. The Hall–Kier alpha value is -2.17. The van der Waals surface area contributed by atoms with Crippen molar-refractivity contribution in [2.45, 2.75) is 13.8 Å². The number of halogens is 1. The Labute approximate surface area is 111 Å². The molecular weight excluding hydrogens is 245 g/mol. The van der Waals surface area contributed by atoms with Gasteiger partial charge >= 0.3 is 0 Å². The number of hydrogen-bond donors (Lipinski definition) is 1. The monoisotopic (exact) mass is 261 g/mol. The summed E-state index contributed by atoms with van der Waals surface area (Å²) in [7, 11) is 1.55. The van der Waals surface area contributed by atoms with E-state index in [0.29, 0.717) is 22.8 Å². The van der Waals surface area contributed by atoms with Crippen molar-refractivity contribution in [1.82, 2.24) is 9.97 Å². The lowest BCUT2D eigenvalue weighted by Gasteiger charge is -2.10. The number of benzene rings is 1. The van der Waals surface area contributed by atoms with E-state index in [9.17, 15) is 4.39 Å². The summed E-state index contributed by atoms with van der Waals surface area (Å²) in [5, 5.41) is 3.12. The summed E-state index contributed by atoms with van der Waals surface area (Å²) in [6.45, 7) is 4.55. The van der Waals surface area contributed by atoms with Crippen LogP contribution < -0.4 is 10.1 Å². The number of nitrogens with one attached hydrogen (secondary N) is 1. The molecule has 0 aliphatic heterocycles. The molecule has 0 aliphatic rings. The molecule has 1 N–H and O–H groups in total. The van der Waals surface area contributed by atoms with E-state index in [2.05, 4.69) is 15.3 Å². The molecule has 0 unspecified atom stereocenters. The predicted molar refractivity (Wildman–Crippen MR) is 72.9 cm³/mol. The van der Waals surface area contributed by atoms with Crippen LogP contribution in [0.25, 0.3) is 11.3 Å². The zero-order valence-corrected chi connectivity index (χ0v) is 11.2. The standard InChI is InChI=1S/C14H16FN3O/c1-4-16-14-8-12(17-9(2)18-14)11-7-10(15)5-6-13(11)19-3/h5-8H,4H2,1-3H3,(H,16,17,18). The molecule has 2 rings (SSSR count). The Kier molecular flexibility index (Phi) is 3.94. The fraction of sp³-hybridized carbons (Fsp3) is 0.286. The summed E-state index contributed by atoms with van der Waals surface area (Å²) < 4.78 is 18.7. The van der Waals surface area contributed by atoms with E-state index in [4.69, 9.17) is 4.74 Å². The molecule has 1 heterocycles. The zero-order chi connectivity index (χ0) is 13.8. The third kappa shape index (κ3) is 2.99. The van der Waals surface area contributed by atoms with Crippen molar-refractivity contribution in [2.24, 2.45) is 0 Å². The Morgan fingerprint density at radius 2 is 2.05 bits per heavy atom. The van der Waals surface area contributed by atoms with Gasteiger partial charge < -0.3 is 10.1 Å². The predicted octanol–water partition coefficient (Wildman–Crippen LogP) is 3.03. The summed E-state index contributed by atoms with van der Waals surface area (Å²) in [6.07, 6.45) is 0. The maximum Gasteiger partial charge on any atom is 0.130 e. The minimum Gasteiger partial charge on any atom is -0.496 e. The van der Waals surface area contributed by atoms with Crippen molar-refractivity contribution in [2.75, 3.05) is 19.0 Å². The molecule has 0 saturated heterocycles. The second-order valence-corrected chi connectivity index (χ2v) is 4.06. The van der Waals surface area contributed by atoms with E-state index in [1.807, 2.05) is 6.92 Å². The largest absolute Gasteiger partial charge is 0.496 e. The summed E-state index contributed by atoms with van der Waals surface area (Å²) in [4.78, 5) is 8.61. The molecular formula is C14H16FN3O. The smallest absolute Gasteiger partial charge is 0.130 e. The molecule has 0 aliphatic carbocycles. The molecule has 0 bridgehead atoms. The lowest BCUT2D eigenvalue weighted by atomic mass is 10.1. The molecule has 1 aromatic heterocycles. The topological polar surface area (TPSA) is 47.0 Å². The molecule has 0 atom stereocenters. The van der Waals surface area contributed by atoms with Gasteiger partial charge in [-0.25, -0.2) is 14.4 Å². The molecule has 19 heavy (non-hydrogen) atoms. The molecule has 100 valence electrons. The molecule has 5 heteroatoms. The number of anilines is 1. The van der Waals surface area contributed by atoms with Crippen molar-refractivity contribution in [1.29, 1.82) is 0 Å². The van der Waals surface area contributed by atoms with Crippen LogP contribution in [0, 0.1) is 12.7 Å². The Morgan fingerprint density at radius 1 is 1.26 bits per heavy atom. The van der Waals surface area contributed by atoms with Gasteiger partial charge in [0, 0.05) is 18.2 Å². The van der Waals surface area contributed by atoms with Crippen LogP contribution in [-0.2, 0) is 0 Å². The highest BCUT2D eigenvalue weighted by molar-refractivity contribution is 5.69. The minimum atomic E-state index is -0.322. The van der Waals surface area contributed by atoms with Crippen LogP contribution in [0.15, 0.2) is 24.3 Å². The molecule has 0 spiro atoms. The molecule has 1 aromatic carbocycles. The second kappa shape index (κ2) is 5.65. The third-order valence-electron chi connectivity index (χ3n) is 2.63. The van der Waals surface area contributed by atoms with Gasteiger partial charge in [0.1, 0.15) is 23.2 Å². The van der Waals surface area contributed by atoms with Gasteiger partial charge in [-0.1, -0.05) is 0 Å². The molecule has 0 radical (unpaired) electrons. The molecule has 4 nitrogen and oxygen atoms in total. The third-order valence-corrected chi connectivity index (χ3v) is 2.63. The molecule has 2 aromatic rings. The number of nitrogens with zero attached hydrogens (tertiary/aromatic N) is 2. The molecule has 0 saturated carbocycles. The zero-order valence-electron chi connectivity index (χ0n) is 11.2. The lowest BCUT2D eigenvalue weighted by Crippen LogP contribution is -2.03. The highest BCUT2D eigenvalue weighted by Gasteiger charge is 2.11. The van der Waals surface area contributed by atoms with Crippen LogP contribution in [0.4, 0.5) is 10.2 Å². The molecule has 0 fully saturated rings. The number of hydrogen-bond acceptors (Lipinski definition) is 4. The first-order chi connectivity index (χ1) is 9.13. The first kappa shape index (κ1) is 13.3. The lowest BCUT2D eigenvalue weighted by molar-refractivity contribution is 0.415. The average Bonchev–Trinajstić information content (AvgIpc) is 2.38. The number of ether oxygens (including phenoxy) is 1. The Morgan fingerprint density at radius 3 is 2.74 bits per heavy atom. The fourth-order valence-corrected chi connectivity index (χ4v) is 1.86. The van der Waals surface area contributed by atoms with E-state index >= 15 is 0 Å². The first-order valence-electron chi connectivity index (χ1n) is 6.07. The van der Waals surface area contributed by atoms with Gasteiger partial charge in [0.25, 0.3) is 0 Å². The summed E-state index contributed by atoms with van der Waals surface area (Å²) in [5.41, 5.74) is 1.26. The van der Waals surface area contributed by atoms with Crippen molar-refractivity contribution in [3.63, 3.8) is 0 Å². The maximum atomic E-state index is 13.4. The van der Waals surface area contributed by atoms with Crippen LogP contribution in [-0.4, -0.2) is 23.6 Å². The van der Waals surface area contributed by atoms with E-state index in [0.717, 1.165) is 12.4 Å². The van der Waals surface area contributed by atoms with Gasteiger partial charge in [-0.2, -0.15) is 0 Å². The number of aryl methyl sites for hydroxylation is 1. The van der Waals surface area contributed by atoms with Crippen molar-refractivity contribution >= 4 is 5.82 Å². The quantitative estimate of drug-likeness (QED) is 0.919. The van der Waals surface area contributed by atoms with E-state index < -0.39 is 0 Å². The maximum absolute atomic E-state index is 13.4. The Balaban J connectivity index is 2.54. The van der Waals surface area contributed by atoms with Crippen molar-refractivity contribution in [3.05, 3.63) is 35.9 Å². The fourth-order valence-electron chi connectivity index (χ4n) is 1.86. The van der Waals surface area contributed by atoms with Crippen LogP contribution in [0.1, 0.15) is 12.7 Å². The van der Waals surface area contributed by atoms with Gasteiger partial charge in [-0.05, 0) is 32.0 Å². The summed E-state index contributed by atoms with van der Waals surface area (Å²) >= 11 is 0. The van der Waals surface area contributed by atoms with Gasteiger partial charge in [0.05, 0.1) is 12.8 Å². The van der Waals surface area contributed by atoms with Gasteiger partial charge in [0.2, 0.25) is 0 Å². The highest BCUT2D eigenvalue weighted by atomic mass is 19.1. The van der Waals surface area contributed by atoms with E-state index in [1.54, 1.807) is 26.2 Å². The van der Waals surface area contributed by atoms with E-state index in [1.165, 1.54) is 12.1 Å². The summed E-state index contributed by atoms with van der Waals surface area (Å²) in [5.74, 6) is 1.61. The number of rotatable bonds is 4. The van der Waals surface area contributed by atoms with Gasteiger partial charge in [0.15, 0.2) is 0 Å². The minimum absolute atomic E-state index is 0.322.